The number of hydrogen-bond donors (Lipinski definition) is 2. The lowest BCUT2D eigenvalue weighted by atomic mass is 10.1. The summed E-state index contributed by atoms with van der Waals surface area (Å²) in [5.41, 5.74) is 1.47. The molecule has 1 aliphatic heterocycles. The number of likely N-dealkylation sites (tertiary alicyclic amines) is 1. The molecule has 1 fully saturated rings. The van der Waals surface area contributed by atoms with E-state index in [0.29, 0.717) is 18.2 Å². The zero-order valence-electron chi connectivity index (χ0n) is 15.6. The van der Waals surface area contributed by atoms with E-state index in [4.69, 9.17) is 4.74 Å². The molecule has 0 spiro atoms. The minimum Gasteiger partial charge on any atom is -0.497 e. The fraction of sp³-hybridized carbons (Fsp3) is 0.381. The average Bonchev–Trinajstić information content (AvgIpc) is 3.11. The monoisotopic (exact) mass is 371 g/mol. The average molecular weight is 371 g/mol. The van der Waals surface area contributed by atoms with E-state index in [9.17, 15) is 9.18 Å². The highest BCUT2D eigenvalue weighted by molar-refractivity contribution is 5.89. The van der Waals surface area contributed by atoms with Crippen molar-refractivity contribution < 1.29 is 13.9 Å². The molecule has 144 valence electrons. The van der Waals surface area contributed by atoms with Gasteiger partial charge in [-0.2, -0.15) is 0 Å². The molecule has 0 aliphatic carbocycles. The number of carbonyl (C=O) groups is 1. The Labute approximate surface area is 159 Å². The second-order valence-electron chi connectivity index (χ2n) is 6.89. The van der Waals surface area contributed by atoms with Gasteiger partial charge in [-0.3, -0.25) is 4.90 Å². The van der Waals surface area contributed by atoms with Gasteiger partial charge in [0.05, 0.1) is 12.8 Å². The van der Waals surface area contributed by atoms with Gasteiger partial charge in [-0.25, -0.2) is 9.18 Å². The molecule has 0 bridgehead atoms. The van der Waals surface area contributed by atoms with Crippen LogP contribution in [-0.4, -0.2) is 37.7 Å². The summed E-state index contributed by atoms with van der Waals surface area (Å²) in [5.74, 6) is 0.475. The summed E-state index contributed by atoms with van der Waals surface area (Å²) in [4.78, 5) is 14.4. The molecule has 1 atom stereocenters. The molecule has 1 aliphatic rings. The van der Waals surface area contributed by atoms with Crippen LogP contribution in [0.5, 0.6) is 5.75 Å². The number of nitrogens with zero attached hydrogens (tertiary/aromatic N) is 1. The summed E-state index contributed by atoms with van der Waals surface area (Å²) in [7, 11) is 1.47. The Balaban J connectivity index is 1.37. The topological polar surface area (TPSA) is 53.6 Å². The van der Waals surface area contributed by atoms with Crippen LogP contribution in [-0.2, 0) is 6.54 Å². The second-order valence-corrected chi connectivity index (χ2v) is 6.89. The maximum Gasteiger partial charge on any atom is 0.319 e. The van der Waals surface area contributed by atoms with Gasteiger partial charge >= 0.3 is 6.03 Å². The molecule has 3 rings (SSSR count). The summed E-state index contributed by atoms with van der Waals surface area (Å²) < 4.78 is 18.8. The number of benzene rings is 2. The van der Waals surface area contributed by atoms with Crippen LogP contribution >= 0.6 is 0 Å². The predicted molar refractivity (Wildman–Crippen MR) is 104 cm³/mol. The van der Waals surface area contributed by atoms with E-state index >= 15 is 0 Å². The van der Waals surface area contributed by atoms with E-state index < -0.39 is 11.8 Å². The smallest absolute Gasteiger partial charge is 0.319 e. The third-order valence-electron chi connectivity index (χ3n) is 4.88. The van der Waals surface area contributed by atoms with Gasteiger partial charge in [0.25, 0.3) is 0 Å². The molecule has 0 unspecified atom stereocenters. The van der Waals surface area contributed by atoms with E-state index in [1.807, 2.05) is 6.07 Å². The Morgan fingerprint density at radius 1 is 1.26 bits per heavy atom. The van der Waals surface area contributed by atoms with Crippen molar-refractivity contribution in [2.45, 2.75) is 19.4 Å². The van der Waals surface area contributed by atoms with Crippen molar-refractivity contribution in [1.29, 1.82) is 0 Å². The van der Waals surface area contributed by atoms with Crippen molar-refractivity contribution in [3.8, 4) is 5.75 Å². The molecule has 2 aromatic rings. The molecular weight excluding hydrogens is 345 g/mol. The van der Waals surface area contributed by atoms with Crippen molar-refractivity contribution in [1.82, 2.24) is 10.2 Å². The molecule has 5 nitrogen and oxygen atoms in total. The fourth-order valence-corrected chi connectivity index (χ4v) is 3.41. The highest BCUT2D eigenvalue weighted by Gasteiger charge is 2.22. The zero-order valence-corrected chi connectivity index (χ0v) is 15.6. The van der Waals surface area contributed by atoms with Gasteiger partial charge in [-0.05, 0) is 43.0 Å². The van der Waals surface area contributed by atoms with Crippen molar-refractivity contribution in [2.75, 3.05) is 32.1 Å². The van der Waals surface area contributed by atoms with E-state index in [1.54, 1.807) is 6.07 Å². The maximum atomic E-state index is 13.9. The van der Waals surface area contributed by atoms with Crippen LogP contribution in [0.4, 0.5) is 14.9 Å². The van der Waals surface area contributed by atoms with Crippen molar-refractivity contribution in [2.24, 2.45) is 5.92 Å². The number of methoxy groups -OCH3 is 1. The molecule has 6 heteroatoms. The molecular formula is C21H26FN3O2. The van der Waals surface area contributed by atoms with E-state index in [1.165, 1.54) is 24.8 Å². The first-order valence-corrected chi connectivity index (χ1v) is 9.28. The van der Waals surface area contributed by atoms with Gasteiger partial charge in [0.1, 0.15) is 11.6 Å². The Morgan fingerprint density at radius 3 is 2.81 bits per heavy atom. The lowest BCUT2D eigenvalue weighted by molar-refractivity contribution is 0.251. The Morgan fingerprint density at radius 2 is 2.07 bits per heavy atom. The number of ether oxygens (including phenoxy) is 1. The standard InChI is InChI=1S/C21H26FN3O2/c1-27-18-7-8-20(19(22)13-18)24-21(26)23-11-9-17-10-12-25(15-17)14-16-5-3-2-4-6-16/h2-8,13,17H,9-12,14-15H2,1H3,(H2,23,24,26)/t17-/m1/s1. The van der Waals surface area contributed by atoms with Crippen molar-refractivity contribution in [3.63, 3.8) is 0 Å². The Hall–Kier alpha value is -2.60. The van der Waals surface area contributed by atoms with Gasteiger partial charge in [-0.15, -0.1) is 0 Å². The molecule has 27 heavy (non-hydrogen) atoms. The molecule has 2 aromatic carbocycles. The highest BCUT2D eigenvalue weighted by Crippen LogP contribution is 2.22. The quantitative estimate of drug-likeness (QED) is 0.777. The lowest BCUT2D eigenvalue weighted by Gasteiger charge is -2.16. The third kappa shape index (κ3) is 5.69. The predicted octanol–water partition coefficient (Wildman–Crippen LogP) is 3.87. The second kappa shape index (κ2) is 9.37. The number of rotatable bonds is 7. The van der Waals surface area contributed by atoms with Gasteiger partial charge in [0.2, 0.25) is 0 Å². The molecule has 1 heterocycles. The van der Waals surface area contributed by atoms with Crippen molar-refractivity contribution >= 4 is 11.7 Å². The summed E-state index contributed by atoms with van der Waals surface area (Å²) in [5, 5.41) is 5.35. The largest absolute Gasteiger partial charge is 0.497 e. The maximum absolute atomic E-state index is 13.9. The van der Waals surface area contributed by atoms with Crippen molar-refractivity contribution in [3.05, 3.63) is 59.9 Å². The van der Waals surface area contributed by atoms with Crippen LogP contribution < -0.4 is 15.4 Å². The molecule has 2 N–H and O–H groups in total. The summed E-state index contributed by atoms with van der Waals surface area (Å²) >= 11 is 0. The number of carbonyl (C=O) groups excluding carboxylic acids is 1. The fourth-order valence-electron chi connectivity index (χ4n) is 3.41. The number of halogens is 1. The lowest BCUT2D eigenvalue weighted by Crippen LogP contribution is -2.31. The number of amides is 2. The zero-order chi connectivity index (χ0) is 19.1. The van der Waals surface area contributed by atoms with Gasteiger partial charge in [0, 0.05) is 25.7 Å². The highest BCUT2D eigenvalue weighted by atomic mass is 19.1. The van der Waals surface area contributed by atoms with E-state index in [2.05, 4.69) is 39.8 Å². The van der Waals surface area contributed by atoms with Crippen LogP contribution in [0.1, 0.15) is 18.4 Å². The molecule has 0 saturated carbocycles. The number of nitrogens with one attached hydrogen (secondary N) is 2. The summed E-state index contributed by atoms with van der Waals surface area (Å²) in [6.45, 7) is 3.68. The van der Waals surface area contributed by atoms with Crippen LogP contribution in [0.25, 0.3) is 0 Å². The molecule has 1 saturated heterocycles. The minimum absolute atomic E-state index is 0.142. The minimum atomic E-state index is -0.517. The SMILES string of the molecule is COc1ccc(NC(=O)NCC[C@@H]2CCN(Cc3ccccc3)C2)c(F)c1. The van der Waals surface area contributed by atoms with E-state index in [-0.39, 0.29) is 5.69 Å². The van der Waals surface area contributed by atoms with Crippen LogP contribution in [0.15, 0.2) is 48.5 Å². The molecule has 0 aromatic heterocycles. The Kier molecular flexibility index (Phi) is 6.65. The third-order valence-corrected chi connectivity index (χ3v) is 4.88. The number of hydrogen-bond acceptors (Lipinski definition) is 3. The summed E-state index contributed by atoms with van der Waals surface area (Å²) in [6, 6.07) is 14.4. The normalized spacial score (nSPS) is 16.9. The molecule has 2 amide bonds. The van der Waals surface area contributed by atoms with Gasteiger partial charge in [0.15, 0.2) is 0 Å². The van der Waals surface area contributed by atoms with Gasteiger partial charge < -0.3 is 15.4 Å². The van der Waals surface area contributed by atoms with Crippen LogP contribution in [0.2, 0.25) is 0 Å². The summed E-state index contributed by atoms with van der Waals surface area (Å²) in [6.07, 6.45) is 2.06. The Bertz CT molecular complexity index is 754. The first-order valence-electron chi connectivity index (χ1n) is 9.28. The number of urea groups is 1. The van der Waals surface area contributed by atoms with E-state index in [0.717, 1.165) is 32.5 Å². The molecule has 0 radical (unpaired) electrons. The van der Waals surface area contributed by atoms with Gasteiger partial charge in [-0.1, -0.05) is 30.3 Å². The first kappa shape index (κ1) is 19.2. The first-order chi connectivity index (χ1) is 13.1. The van der Waals surface area contributed by atoms with Crippen LogP contribution in [0.3, 0.4) is 0 Å². The number of anilines is 1. The van der Waals surface area contributed by atoms with Crippen LogP contribution in [0, 0.1) is 11.7 Å².